The average molecular weight is 342 g/mol. The van der Waals surface area contributed by atoms with Crippen molar-refractivity contribution in [2.75, 3.05) is 19.0 Å². The number of methoxy groups -OCH3 is 1. The molecule has 2 rings (SSSR count). The third-order valence-electron chi connectivity index (χ3n) is 2.50. The molecule has 0 atom stereocenters. The Bertz CT molecular complexity index is 616. The second-order valence-electron chi connectivity index (χ2n) is 3.88. The lowest BCUT2D eigenvalue weighted by atomic mass is 10.3. The zero-order valence-electron chi connectivity index (χ0n) is 10.6. The Morgan fingerprint density at radius 2 is 2.30 bits per heavy atom. The molecule has 2 aromatic rings. The van der Waals surface area contributed by atoms with Gasteiger partial charge in [-0.3, -0.25) is 19.8 Å². The van der Waals surface area contributed by atoms with E-state index in [2.05, 4.69) is 31.3 Å². The normalized spacial score (nSPS) is 10.5. The smallest absolute Gasteiger partial charge is 0.311 e. The summed E-state index contributed by atoms with van der Waals surface area (Å²) in [6.07, 6.45) is 6.02. The number of hydrogen-bond donors (Lipinski definition) is 1. The Morgan fingerprint density at radius 1 is 1.50 bits per heavy atom. The minimum atomic E-state index is -0.491. The van der Waals surface area contributed by atoms with Crippen LogP contribution in [-0.2, 0) is 11.3 Å². The first kappa shape index (κ1) is 14.4. The van der Waals surface area contributed by atoms with Crippen LogP contribution in [0.4, 0.5) is 17.1 Å². The van der Waals surface area contributed by atoms with Gasteiger partial charge in [-0.25, -0.2) is 0 Å². The Labute approximate surface area is 123 Å². The first-order valence-electron chi connectivity index (χ1n) is 5.68. The number of pyridine rings is 1. The van der Waals surface area contributed by atoms with E-state index in [0.29, 0.717) is 29.0 Å². The van der Waals surface area contributed by atoms with Crippen LogP contribution >= 0.6 is 15.9 Å². The molecule has 20 heavy (non-hydrogen) atoms. The lowest BCUT2D eigenvalue weighted by molar-refractivity contribution is -0.384. The van der Waals surface area contributed by atoms with Crippen LogP contribution in [-0.4, -0.2) is 33.4 Å². The summed E-state index contributed by atoms with van der Waals surface area (Å²) in [6, 6.07) is 0. The number of hydrogen-bond acceptors (Lipinski definition) is 6. The van der Waals surface area contributed by atoms with Crippen LogP contribution in [0.25, 0.3) is 0 Å². The Balaban J connectivity index is 2.21. The van der Waals surface area contributed by atoms with Crippen molar-refractivity contribution in [3.8, 4) is 0 Å². The number of ether oxygens (including phenoxy) is 1. The average Bonchev–Trinajstić information content (AvgIpc) is 2.86. The zero-order chi connectivity index (χ0) is 14.5. The second-order valence-corrected chi connectivity index (χ2v) is 4.74. The molecule has 0 saturated heterocycles. The van der Waals surface area contributed by atoms with Crippen molar-refractivity contribution in [2.24, 2.45) is 0 Å². The highest BCUT2D eigenvalue weighted by Crippen LogP contribution is 2.33. The molecule has 2 heterocycles. The van der Waals surface area contributed by atoms with Gasteiger partial charge in [-0.05, 0) is 15.9 Å². The van der Waals surface area contributed by atoms with Crippen LogP contribution in [0.15, 0.2) is 29.3 Å². The summed E-state index contributed by atoms with van der Waals surface area (Å²) in [5.41, 5.74) is 0.886. The van der Waals surface area contributed by atoms with Crippen LogP contribution in [0.2, 0.25) is 0 Å². The molecule has 2 aromatic heterocycles. The minimum absolute atomic E-state index is 0.107. The van der Waals surface area contributed by atoms with Gasteiger partial charge in [0.25, 0.3) is 0 Å². The number of rotatable bonds is 6. The maximum atomic E-state index is 11.0. The Hall–Kier alpha value is -2.00. The van der Waals surface area contributed by atoms with Crippen molar-refractivity contribution >= 4 is 33.0 Å². The van der Waals surface area contributed by atoms with Crippen LogP contribution in [0.5, 0.6) is 0 Å². The van der Waals surface area contributed by atoms with E-state index in [9.17, 15) is 10.1 Å². The fourth-order valence-corrected chi connectivity index (χ4v) is 1.99. The van der Waals surface area contributed by atoms with E-state index in [4.69, 9.17) is 4.74 Å². The molecule has 106 valence electrons. The summed E-state index contributed by atoms with van der Waals surface area (Å²) in [4.78, 5) is 14.3. The van der Waals surface area contributed by atoms with E-state index >= 15 is 0 Å². The SMILES string of the molecule is COCCn1cc(Nc2c(Br)cncc2[N+](=O)[O-])cn1. The monoisotopic (exact) mass is 341 g/mol. The number of halogens is 1. The first-order valence-corrected chi connectivity index (χ1v) is 6.47. The summed E-state index contributed by atoms with van der Waals surface area (Å²) in [7, 11) is 1.61. The third-order valence-corrected chi connectivity index (χ3v) is 3.10. The van der Waals surface area contributed by atoms with Crippen LogP contribution in [0, 0.1) is 10.1 Å². The molecule has 0 bridgehead atoms. The molecule has 0 aromatic carbocycles. The van der Waals surface area contributed by atoms with Crippen molar-refractivity contribution < 1.29 is 9.66 Å². The van der Waals surface area contributed by atoms with Crippen molar-refractivity contribution in [1.82, 2.24) is 14.8 Å². The van der Waals surface area contributed by atoms with Gasteiger partial charge < -0.3 is 10.1 Å². The molecular formula is C11H12BrN5O3. The molecule has 0 spiro atoms. The van der Waals surface area contributed by atoms with Gasteiger partial charge >= 0.3 is 5.69 Å². The summed E-state index contributed by atoms with van der Waals surface area (Å²) in [6.45, 7) is 1.15. The number of nitrogens with one attached hydrogen (secondary N) is 1. The van der Waals surface area contributed by atoms with Gasteiger partial charge in [-0.2, -0.15) is 5.10 Å². The molecule has 0 saturated carbocycles. The van der Waals surface area contributed by atoms with Crippen molar-refractivity contribution in [2.45, 2.75) is 6.54 Å². The van der Waals surface area contributed by atoms with Gasteiger partial charge in [-0.15, -0.1) is 0 Å². The van der Waals surface area contributed by atoms with E-state index in [1.807, 2.05) is 0 Å². The standard InChI is InChI=1S/C11H12BrN5O3/c1-20-3-2-16-7-8(4-14-16)15-11-9(12)5-13-6-10(11)17(18)19/h4-7H,2-3H2,1H3,(H,13,15). The number of anilines is 2. The maximum absolute atomic E-state index is 11.0. The molecule has 0 aliphatic heterocycles. The number of aromatic nitrogens is 3. The van der Waals surface area contributed by atoms with Crippen molar-refractivity contribution in [3.63, 3.8) is 0 Å². The van der Waals surface area contributed by atoms with Gasteiger partial charge in [0.05, 0.1) is 34.4 Å². The van der Waals surface area contributed by atoms with Crippen LogP contribution in [0.1, 0.15) is 0 Å². The Kier molecular flexibility index (Phi) is 4.64. The fraction of sp³-hybridized carbons (Fsp3) is 0.273. The molecule has 0 fully saturated rings. The molecule has 0 unspecified atom stereocenters. The quantitative estimate of drug-likeness (QED) is 0.640. The fourth-order valence-electron chi connectivity index (χ4n) is 1.57. The lowest BCUT2D eigenvalue weighted by Gasteiger charge is -2.06. The summed E-state index contributed by atoms with van der Waals surface area (Å²) >= 11 is 3.25. The van der Waals surface area contributed by atoms with E-state index in [1.54, 1.807) is 24.2 Å². The molecule has 0 amide bonds. The first-order chi connectivity index (χ1) is 9.61. The summed E-state index contributed by atoms with van der Waals surface area (Å²) in [5.74, 6) is 0. The largest absolute Gasteiger partial charge is 0.383 e. The molecule has 0 aliphatic rings. The van der Waals surface area contributed by atoms with Gasteiger partial charge in [-0.1, -0.05) is 0 Å². The van der Waals surface area contributed by atoms with Gasteiger partial charge in [0, 0.05) is 19.5 Å². The molecular weight excluding hydrogens is 330 g/mol. The molecule has 8 nitrogen and oxygen atoms in total. The molecule has 1 N–H and O–H groups in total. The highest BCUT2D eigenvalue weighted by atomic mass is 79.9. The van der Waals surface area contributed by atoms with Crippen LogP contribution in [0.3, 0.4) is 0 Å². The summed E-state index contributed by atoms with van der Waals surface area (Å²) < 4.78 is 7.15. The zero-order valence-corrected chi connectivity index (χ0v) is 12.2. The highest BCUT2D eigenvalue weighted by Gasteiger charge is 2.17. The predicted molar refractivity (Wildman–Crippen MR) is 76.0 cm³/mol. The number of nitrogens with zero attached hydrogens (tertiary/aromatic N) is 4. The molecule has 0 aliphatic carbocycles. The predicted octanol–water partition coefficient (Wildman–Crippen LogP) is 2.34. The second kappa shape index (κ2) is 6.44. The topological polar surface area (TPSA) is 95.1 Å². The van der Waals surface area contributed by atoms with Crippen LogP contribution < -0.4 is 5.32 Å². The summed E-state index contributed by atoms with van der Waals surface area (Å²) in [5, 5.41) is 18.1. The van der Waals surface area contributed by atoms with E-state index in [0.717, 1.165) is 0 Å². The van der Waals surface area contributed by atoms with E-state index in [1.165, 1.54) is 12.4 Å². The van der Waals surface area contributed by atoms with Gasteiger partial charge in [0.2, 0.25) is 0 Å². The van der Waals surface area contributed by atoms with Gasteiger partial charge in [0.15, 0.2) is 0 Å². The number of nitro groups is 1. The van der Waals surface area contributed by atoms with Gasteiger partial charge in [0.1, 0.15) is 11.9 Å². The Morgan fingerprint density at radius 3 is 3.00 bits per heavy atom. The van der Waals surface area contributed by atoms with Crippen molar-refractivity contribution in [1.29, 1.82) is 0 Å². The van der Waals surface area contributed by atoms with E-state index < -0.39 is 4.92 Å². The van der Waals surface area contributed by atoms with E-state index in [-0.39, 0.29) is 5.69 Å². The molecule has 9 heteroatoms. The third kappa shape index (κ3) is 3.31. The highest BCUT2D eigenvalue weighted by molar-refractivity contribution is 9.10. The van der Waals surface area contributed by atoms with Crippen molar-refractivity contribution in [3.05, 3.63) is 39.4 Å². The minimum Gasteiger partial charge on any atom is -0.383 e. The molecule has 0 radical (unpaired) electrons. The maximum Gasteiger partial charge on any atom is 0.311 e. The lowest BCUT2D eigenvalue weighted by Crippen LogP contribution is -2.04.